The molecular formula is C13H16ClN4OS-. The highest BCUT2D eigenvalue weighted by atomic mass is 35.5. The standard InChI is InChI=1S/C13H16N4OS.ClH/c1-17-9-6-4-3-5-8(9)12(19-2)10(17)7-11(18)16-13(14)15;/h3-6H,7H2,1-2H3,(H4,14,15,16,18);1H/p-1. The second-order valence-corrected chi connectivity index (χ2v) is 4.98. The van der Waals surface area contributed by atoms with Crippen LogP contribution in [0.2, 0.25) is 0 Å². The first-order valence-electron chi connectivity index (χ1n) is 5.77. The van der Waals surface area contributed by atoms with Crippen molar-refractivity contribution < 1.29 is 17.2 Å². The van der Waals surface area contributed by atoms with Crippen LogP contribution in [-0.2, 0) is 18.3 Å². The largest absolute Gasteiger partial charge is 1.00 e. The summed E-state index contributed by atoms with van der Waals surface area (Å²) in [6.45, 7) is 0. The third-order valence-corrected chi connectivity index (χ3v) is 3.82. The Morgan fingerprint density at radius 1 is 1.35 bits per heavy atom. The summed E-state index contributed by atoms with van der Waals surface area (Å²) in [5, 5.41) is 1.14. The Hall–Kier alpha value is -1.66. The number of para-hydroxylation sites is 1. The van der Waals surface area contributed by atoms with Crippen LogP contribution in [-0.4, -0.2) is 22.7 Å². The molecule has 1 aromatic carbocycles. The average molecular weight is 312 g/mol. The van der Waals surface area contributed by atoms with Crippen LogP contribution in [0, 0.1) is 0 Å². The molecule has 0 bridgehead atoms. The predicted octanol–water partition coefficient (Wildman–Crippen LogP) is -1.75. The summed E-state index contributed by atoms with van der Waals surface area (Å²) in [5.74, 6) is -0.532. The second-order valence-electron chi connectivity index (χ2n) is 4.16. The minimum atomic E-state index is -0.332. The van der Waals surface area contributed by atoms with Crippen molar-refractivity contribution in [2.45, 2.75) is 11.3 Å². The van der Waals surface area contributed by atoms with Crippen LogP contribution in [0.4, 0.5) is 0 Å². The van der Waals surface area contributed by atoms with Gasteiger partial charge >= 0.3 is 0 Å². The lowest BCUT2D eigenvalue weighted by Gasteiger charge is -2.04. The Kier molecular flexibility index (Phi) is 5.47. The molecule has 0 spiro atoms. The minimum Gasteiger partial charge on any atom is -1.00 e. The summed E-state index contributed by atoms with van der Waals surface area (Å²) >= 11 is 1.62. The smallest absolute Gasteiger partial charge is 0.254 e. The quantitative estimate of drug-likeness (QED) is 0.400. The number of aromatic nitrogens is 1. The molecule has 1 amide bonds. The van der Waals surface area contributed by atoms with E-state index in [-0.39, 0.29) is 30.7 Å². The van der Waals surface area contributed by atoms with Crippen molar-refractivity contribution in [1.82, 2.24) is 4.57 Å². The van der Waals surface area contributed by atoms with Gasteiger partial charge in [0.1, 0.15) is 0 Å². The molecule has 108 valence electrons. The molecule has 5 nitrogen and oxygen atoms in total. The molecule has 2 rings (SSSR count). The van der Waals surface area contributed by atoms with Crippen LogP contribution in [0.25, 0.3) is 10.9 Å². The maximum Gasteiger partial charge on any atom is 0.254 e. The second kappa shape index (κ2) is 6.67. The lowest BCUT2D eigenvalue weighted by atomic mass is 10.2. The van der Waals surface area contributed by atoms with Gasteiger partial charge in [-0.05, 0) is 12.3 Å². The van der Waals surface area contributed by atoms with Gasteiger partial charge in [0.15, 0.2) is 5.96 Å². The lowest BCUT2D eigenvalue weighted by Crippen LogP contribution is -3.00. The summed E-state index contributed by atoms with van der Waals surface area (Å²) in [4.78, 5) is 16.4. The fraction of sp³-hybridized carbons (Fsp3) is 0.231. The molecule has 0 atom stereocenters. The van der Waals surface area contributed by atoms with Crippen molar-refractivity contribution in [1.29, 1.82) is 0 Å². The highest BCUT2D eigenvalue weighted by Crippen LogP contribution is 2.32. The van der Waals surface area contributed by atoms with Gasteiger partial charge in [-0.25, -0.2) is 0 Å². The van der Waals surface area contributed by atoms with Crippen molar-refractivity contribution in [2.75, 3.05) is 6.26 Å². The Morgan fingerprint density at radius 3 is 2.60 bits per heavy atom. The van der Waals surface area contributed by atoms with Gasteiger partial charge in [0.25, 0.3) is 5.91 Å². The number of aryl methyl sites for hydroxylation is 1. The number of carbonyl (C=O) groups excluding carboxylic acids is 1. The zero-order valence-electron chi connectivity index (χ0n) is 11.3. The number of hydrogen-bond acceptors (Lipinski definition) is 2. The summed E-state index contributed by atoms with van der Waals surface area (Å²) in [5.41, 5.74) is 12.5. The van der Waals surface area contributed by atoms with Gasteiger partial charge < -0.3 is 28.4 Å². The van der Waals surface area contributed by atoms with E-state index in [4.69, 9.17) is 11.5 Å². The molecule has 0 saturated heterocycles. The SMILES string of the molecule is CSc1c(CC(=O)N=C(N)N)n(C)c2ccccc12.[Cl-]. The number of nitrogens with two attached hydrogens (primary N) is 2. The van der Waals surface area contributed by atoms with E-state index >= 15 is 0 Å². The van der Waals surface area contributed by atoms with Crippen molar-refractivity contribution in [3.8, 4) is 0 Å². The molecule has 0 aliphatic carbocycles. The van der Waals surface area contributed by atoms with Gasteiger partial charge in [-0.1, -0.05) is 18.2 Å². The Balaban J connectivity index is 0.00000200. The van der Waals surface area contributed by atoms with E-state index in [9.17, 15) is 4.79 Å². The number of hydrogen-bond donors (Lipinski definition) is 2. The van der Waals surface area contributed by atoms with Crippen molar-refractivity contribution in [2.24, 2.45) is 23.5 Å². The highest BCUT2D eigenvalue weighted by Gasteiger charge is 2.16. The fourth-order valence-corrected chi connectivity index (χ4v) is 3.00. The zero-order valence-corrected chi connectivity index (χ0v) is 12.8. The first-order valence-corrected chi connectivity index (χ1v) is 6.99. The van der Waals surface area contributed by atoms with Crippen LogP contribution in [0.5, 0.6) is 0 Å². The fourth-order valence-electron chi connectivity index (χ4n) is 2.16. The molecule has 0 unspecified atom stereocenters. The van der Waals surface area contributed by atoms with Gasteiger partial charge in [-0.15, -0.1) is 11.8 Å². The molecule has 4 N–H and O–H groups in total. The Morgan fingerprint density at radius 2 is 2.00 bits per heavy atom. The van der Waals surface area contributed by atoms with E-state index < -0.39 is 0 Å². The molecule has 0 saturated carbocycles. The summed E-state index contributed by atoms with van der Waals surface area (Å²) in [6.07, 6.45) is 2.19. The van der Waals surface area contributed by atoms with Crippen LogP contribution < -0.4 is 23.9 Å². The molecular weight excluding hydrogens is 296 g/mol. The number of halogens is 1. The molecule has 1 aromatic heterocycles. The molecule has 0 aliphatic rings. The Bertz CT molecular complexity index is 662. The van der Waals surface area contributed by atoms with E-state index in [0.717, 1.165) is 21.5 Å². The monoisotopic (exact) mass is 311 g/mol. The van der Waals surface area contributed by atoms with Crippen LogP contribution in [0.15, 0.2) is 34.2 Å². The lowest BCUT2D eigenvalue weighted by molar-refractivity contribution is -0.117. The summed E-state index contributed by atoms with van der Waals surface area (Å²) in [6, 6.07) is 8.05. The normalized spacial score (nSPS) is 10.1. The van der Waals surface area contributed by atoms with Crippen LogP contribution >= 0.6 is 11.8 Å². The Labute approximate surface area is 127 Å². The van der Waals surface area contributed by atoms with Crippen molar-refractivity contribution in [3.05, 3.63) is 30.0 Å². The molecule has 1 heterocycles. The molecule has 7 heteroatoms. The third kappa shape index (κ3) is 3.08. The number of rotatable bonds is 3. The predicted molar refractivity (Wildman–Crippen MR) is 79.2 cm³/mol. The van der Waals surface area contributed by atoms with Gasteiger partial charge in [0, 0.05) is 28.5 Å². The van der Waals surface area contributed by atoms with E-state index in [1.807, 2.05) is 36.1 Å². The number of carbonyl (C=O) groups is 1. The van der Waals surface area contributed by atoms with Gasteiger partial charge in [-0.2, -0.15) is 4.99 Å². The van der Waals surface area contributed by atoms with E-state index in [0.29, 0.717) is 0 Å². The van der Waals surface area contributed by atoms with Crippen molar-refractivity contribution >= 4 is 34.5 Å². The summed E-state index contributed by atoms with van der Waals surface area (Å²) < 4.78 is 2.02. The first-order chi connectivity index (χ1) is 9.04. The zero-order chi connectivity index (χ0) is 14.0. The number of aliphatic imine (C=N–C) groups is 1. The number of nitrogens with zero attached hydrogens (tertiary/aromatic N) is 2. The van der Waals surface area contributed by atoms with Crippen molar-refractivity contribution in [3.63, 3.8) is 0 Å². The number of amides is 1. The number of thioether (sulfide) groups is 1. The molecule has 0 fully saturated rings. The maximum absolute atomic E-state index is 11.7. The minimum absolute atomic E-state index is 0. The molecule has 2 aromatic rings. The average Bonchev–Trinajstić information content (AvgIpc) is 2.62. The maximum atomic E-state index is 11.7. The molecule has 0 radical (unpaired) electrons. The third-order valence-electron chi connectivity index (χ3n) is 2.95. The topological polar surface area (TPSA) is 86.4 Å². The number of fused-ring (bicyclic) bond motifs is 1. The number of guanidine groups is 1. The molecule has 20 heavy (non-hydrogen) atoms. The summed E-state index contributed by atoms with van der Waals surface area (Å²) in [7, 11) is 1.94. The van der Waals surface area contributed by atoms with Crippen LogP contribution in [0.1, 0.15) is 5.69 Å². The number of benzene rings is 1. The van der Waals surface area contributed by atoms with E-state index in [2.05, 4.69) is 11.1 Å². The van der Waals surface area contributed by atoms with Crippen LogP contribution in [0.3, 0.4) is 0 Å². The van der Waals surface area contributed by atoms with Gasteiger partial charge in [-0.3, -0.25) is 4.79 Å². The van der Waals surface area contributed by atoms with Gasteiger partial charge in [0.2, 0.25) is 0 Å². The van der Waals surface area contributed by atoms with Gasteiger partial charge in [0.05, 0.1) is 6.42 Å². The first kappa shape index (κ1) is 16.4. The highest BCUT2D eigenvalue weighted by molar-refractivity contribution is 7.98. The van der Waals surface area contributed by atoms with E-state index in [1.54, 1.807) is 11.8 Å². The molecule has 0 aliphatic heterocycles. The van der Waals surface area contributed by atoms with E-state index in [1.165, 1.54) is 0 Å².